The Bertz CT molecular complexity index is 1380. The van der Waals surface area contributed by atoms with Gasteiger partial charge in [-0.3, -0.25) is 0 Å². The summed E-state index contributed by atoms with van der Waals surface area (Å²) in [6.45, 7) is 2.08. The lowest BCUT2D eigenvalue weighted by Gasteiger charge is -2.27. The number of benzene rings is 3. The fraction of sp³-hybridized carbons (Fsp3) is 0.0741. The number of carbonyl (C=O) groups excluding carboxylic acids is 1. The molecule has 0 saturated heterocycles. The van der Waals surface area contributed by atoms with Gasteiger partial charge in [-0.25, -0.2) is 19.5 Å². The third kappa shape index (κ3) is 3.96. The zero-order valence-corrected chi connectivity index (χ0v) is 20.2. The number of ether oxygens (including phenoxy) is 1. The van der Waals surface area contributed by atoms with E-state index in [-0.39, 0.29) is 6.61 Å². The van der Waals surface area contributed by atoms with Gasteiger partial charge in [0.1, 0.15) is 20.9 Å². The van der Waals surface area contributed by atoms with Crippen molar-refractivity contribution in [2.75, 3.05) is 6.61 Å². The van der Waals surface area contributed by atoms with Crippen LogP contribution >= 0.6 is 18.4 Å². The molecular weight excluding hydrogens is 461 g/mol. The molecule has 0 N–H and O–H groups in total. The Morgan fingerprint density at radius 1 is 0.824 bits per heavy atom. The predicted molar refractivity (Wildman–Crippen MR) is 141 cm³/mol. The summed E-state index contributed by atoms with van der Waals surface area (Å²) >= 11 is 1.27. The largest absolute Gasteiger partial charge is 0.462 e. The molecule has 5 nitrogen and oxygen atoms in total. The lowest BCUT2D eigenvalue weighted by Crippen LogP contribution is -2.25. The number of hydrogen-bond donors (Lipinski definition) is 0. The van der Waals surface area contributed by atoms with Crippen molar-refractivity contribution < 1.29 is 9.53 Å². The van der Waals surface area contributed by atoms with Gasteiger partial charge in [0, 0.05) is 28.3 Å². The van der Waals surface area contributed by atoms with Crippen molar-refractivity contribution in [1.82, 2.24) is 9.97 Å². The van der Waals surface area contributed by atoms with E-state index in [0.29, 0.717) is 20.9 Å². The van der Waals surface area contributed by atoms with Gasteiger partial charge in [-0.2, -0.15) is 0 Å². The van der Waals surface area contributed by atoms with E-state index in [9.17, 15) is 4.79 Å². The molecule has 0 amide bonds. The molecule has 168 valence electrons. The van der Waals surface area contributed by atoms with Gasteiger partial charge in [0.2, 0.25) is 0 Å². The second-order valence-corrected chi connectivity index (χ2v) is 11.5. The normalized spacial score (nSPS) is 11.3. The summed E-state index contributed by atoms with van der Waals surface area (Å²) in [5.41, 5.74) is 1.15. The van der Waals surface area contributed by atoms with Crippen molar-refractivity contribution in [3.63, 3.8) is 0 Å². The summed E-state index contributed by atoms with van der Waals surface area (Å²) in [7, 11) is -2.58. The lowest BCUT2D eigenvalue weighted by molar-refractivity contribution is 0.0533. The van der Waals surface area contributed by atoms with Crippen molar-refractivity contribution in [3.8, 4) is 0 Å². The monoisotopic (exact) mass is 483 g/mol. The van der Waals surface area contributed by atoms with Crippen LogP contribution in [0.15, 0.2) is 108 Å². The molecule has 0 saturated carbocycles. The first-order chi connectivity index (χ1) is 16.7. The van der Waals surface area contributed by atoms with Crippen LogP contribution in [0.5, 0.6) is 0 Å². The van der Waals surface area contributed by atoms with Gasteiger partial charge in [0.15, 0.2) is 0 Å². The number of hydrogen-bond acceptors (Lipinski definition) is 6. The fourth-order valence-corrected chi connectivity index (χ4v) is 8.49. The summed E-state index contributed by atoms with van der Waals surface area (Å²) in [5.74, 6) is -0.404. The average Bonchev–Trinajstić information content (AvgIpc) is 3.27. The maximum absolute atomic E-state index is 13.0. The number of rotatable bonds is 6. The van der Waals surface area contributed by atoms with Gasteiger partial charge in [0.05, 0.1) is 13.7 Å². The number of esters is 1. The zero-order chi connectivity index (χ0) is 23.4. The van der Waals surface area contributed by atoms with Gasteiger partial charge in [-0.1, -0.05) is 91.0 Å². The van der Waals surface area contributed by atoms with E-state index < -0.39 is 13.0 Å². The highest BCUT2D eigenvalue weighted by Gasteiger charge is 2.30. The maximum Gasteiger partial charge on any atom is 0.350 e. The van der Waals surface area contributed by atoms with Crippen LogP contribution in [0.4, 0.5) is 5.69 Å². The van der Waals surface area contributed by atoms with Crippen molar-refractivity contribution in [2.45, 2.75) is 6.92 Å². The van der Waals surface area contributed by atoms with E-state index >= 15 is 0 Å². The number of fused-ring (bicyclic) bond motifs is 1. The highest BCUT2D eigenvalue weighted by Crippen LogP contribution is 2.52. The smallest absolute Gasteiger partial charge is 0.350 e. The molecule has 0 aliphatic heterocycles. The Kier molecular flexibility index (Phi) is 6.35. The molecule has 0 aliphatic rings. The molecule has 3 aromatic carbocycles. The van der Waals surface area contributed by atoms with Gasteiger partial charge >= 0.3 is 5.97 Å². The number of nitrogens with zero attached hydrogens (tertiary/aromatic N) is 3. The quantitative estimate of drug-likeness (QED) is 0.230. The van der Waals surface area contributed by atoms with E-state index in [2.05, 4.69) is 46.4 Å². The molecule has 7 heteroatoms. The van der Waals surface area contributed by atoms with Crippen LogP contribution in [0.2, 0.25) is 0 Å². The van der Waals surface area contributed by atoms with Gasteiger partial charge in [-0.05, 0) is 6.92 Å². The van der Waals surface area contributed by atoms with Crippen molar-refractivity contribution >= 4 is 56.3 Å². The van der Waals surface area contributed by atoms with Crippen LogP contribution in [-0.4, -0.2) is 22.5 Å². The SMILES string of the molecule is CCOC(=O)c1sc2nccnc2c1N=P(c1ccccc1)(c1ccccc1)c1ccccc1. The Balaban J connectivity index is 1.95. The molecule has 5 aromatic rings. The molecular formula is C27H22N3O2PS. The van der Waals surface area contributed by atoms with Gasteiger partial charge in [0.25, 0.3) is 0 Å². The first kappa shape index (κ1) is 22.2. The van der Waals surface area contributed by atoms with Crippen LogP contribution in [0.25, 0.3) is 10.3 Å². The van der Waals surface area contributed by atoms with E-state index in [4.69, 9.17) is 9.48 Å². The fourth-order valence-electron chi connectivity index (χ4n) is 3.94. The Morgan fingerprint density at radius 3 is 1.82 bits per heavy atom. The minimum Gasteiger partial charge on any atom is -0.462 e. The molecule has 5 rings (SSSR count). The predicted octanol–water partition coefficient (Wildman–Crippen LogP) is 5.68. The highest BCUT2D eigenvalue weighted by atomic mass is 32.1. The van der Waals surface area contributed by atoms with Crippen LogP contribution in [0.3, 0.4) is 0 Å². The Hall–Kier alpha value is -3.60. The van der Waals surface area contributed by atoms with Crippen molar-refractivity contribution in [1.29, 1.82) is 0 Å². The summed E-state index contributed by atoms with van der Waals surface area (Å²) in [5, 5.41) is 3.27. The highest BCUT2D eigenvalue weighted by molar-refractivity contribution is 7.87. The summed E-state index contributed by atoms with van der Waals surface area (Å²) in [6.07, 6.45) is 3.27. The van der Waals surface area contributed by atoms with E-state index in [1.165, 1.54) is 11.3 Å². The van der Waals surface area contributed by atoms with Gasteiger partial charge < -0.3 is 4.74 Å². The van der Waals surface area contributed by atoms with Crippen LogP contribution in [-0.2, 0) is 4.74 Å². The van der Waals surface area contributed by atoms with Crippen LogP contribution < -0.4 is 15.9 Å². The average molecular weight is 484 g/mol. The first-order valence-electron chi connectivity index (χ1n) is 10.9. The summed E-state index contributed by atoms with van der Waals surface area (Å²) in [6, 6.07) is 30.9. The third-order valence-corrected chi connectivity index (χ3v) is 10.1. The molecule has 2 aromatic heterocycles. The van der Waals surface area contributed by atoms with Crippen LogP contribution in [0.1, 0.15) is 16.6 Å². The van der Waals surface area contributed by atoms with E-state index in [1.54, 1.807) is 19.3 Å². The molecule has 0 spiro atoms. The van der Waals surface area contributed by atoms with Crippen LogP contribution in [0, 0.1) is 0 Å². The summed E-state index contributed by atoms with van der Waals surface area (Å²) in [4.78, 5) is 23.1. The molecule has 0 unspecified atom stereocenters. The molecule has 34 heavy (non-hydrogen) atoms. The number of thiophene rings is 1. The number of carbonyl (C=O) groups is 1. The minimum atomic E-state index is -2.58. The first-order valence-corrected chi connectivity index (χ1v) is 13.5. The third-order valence-electron chi connectivity index (χ3n) is 5.40. The second-order valence-electron chi connectivity index (χ2n) is 7.45. The Morgan fingerprint density at radius 2 is 1.32 bits per heavy atom. The van der Waals surface area contributed by atoms with E-state index in [0.717, 1.165) is 15.9 Å². The molecule has 2 heterocycles. The Labute approximate surface area is 202 Å². The van der Waals surface area contributed by atoms with Crippen molar-refractivity contribution in [3.05, 3.63) is 108 Å². The molecule has 0 bridgehead atoms. The zero-order valence-electron chi connectivity index (χ0n) is 18.5. The van der Waals surface area contributed by atoms with E-state index in [1.807, 2.05) is 54.6 Å². The molecule has 0 atom stereocenters. The standard InChI is InChI=1S/C27H22N3O2PS/c1-2-32-27(31)25-23(24-26(34-25)29-19-18-28-24)30-33(20-12-6-3-7-13-20,21-14-8-4-9-15-21)22-16-10-5-11-17-22/h3-19H,2H2,1H3. The molecule has 0 aliphatic carbocycles. The van der Waals surface area contributed by atoms with Gasteiger partial charge in [-0.15, -0.1) is 11.3 Å². The summed E-state index contributed by atoms with van der Waals surface area (Å²) < 4.78 is 10.9. The van der Waals surface area contributed by atoms with Crippen molar-refractivity contribution in [2.24, 2.45) is 4.74 Å². The number of aromatic nitrogens is 2. The molecule has 0 radical (unpaired) electrons. The minimum absolute atomic E-state index is 0.281. The topological polar surface area (TPSA) is 64.4 Å². The maximum atomic E-state index is 13.0. The second kappa shape index (κ2) is 9.72. The molecule has 0 fully saturated rings. The lowest BCUT2D eigenvalue weighted by atomic mass is 10.3.